The van der Waals surface area contributed by atoms with Crippen LogP contribution in [0.2, 0.25) is 0 Å². The molecule has 6 nitrogen and oxygen atoms in total. The molecule has 0 radical (unpaired) electrons. The Morgan fingerprint density at radius 3 is 2.82 bits per heavy atom. The van der Waals surface area contributed by atoms with Crippen molar-refractivity contribution in [3.63, 3.8) is 0 Å². The van der Waals surface area contributed by atoms with Gasteiger partial charge in [-0.15, -0.1) is 0 Å². The molecule has 2 amide bonds. The number of rotatable bonds is 5. The van der Waals surface area contributed by atoms with Crippen LogP contribution in [0.5, 0.6) is 0 Å². The highest BCUT2D eigenvalue weighted by atomic mass is 16.5. The molecule has 0 aromatic heterocycles. The number of alkyl carbamates (subject to hydrolysis) is 1. The van der Waals surface area contributed by atoms with Crippen molar-refractivity contribution in [2.75, 3.05) is 19.6 Å². The second-order valence-electron chi connectivity index (χ2n) is 5.67. The number of carbonyl (C=O) groups excluding carboxylic acids is 2. The molecule has 0 spiro atoms. The topological polar surface area (TPSA) is 84.7 Å². The Kier molecular flexibility index (Phi) is 5.77. The molecule has 2 rings (SSSR count). The molecule has 0 aliphatic carbocycles. The summed E-state index contributed by atoms with van der Waals surface area (Å²) in [6.45, 7) is 3.79. The Morgan fingerprint density at radius 1 is 1.41 bits per heavy atom. The first-order valence-electron chi connectivity index (χ1n) is 7.55. The third kappa shape index (κ3) is 4.73. The average Bonchev–Trinajstić information content (AvgIpc) is 3.00. The van der Waals surface area contributed by atoms with Gasteiger partial charge >= 0.3 is 6.09 Å². The van der Waals surface area contributed by atoms with Crippen molar-refractivity contribution >= 4 is 12.0 Å². The number of nitrogens with two attached hydrogens (primary N) is 1. The van der Waals surface area contributed by atoms with Crippen LogP contribution in [-0.4, -0.2) is 42.6 Å². The predicted octanol–water partition coefficient (Wildman–Crippen LogP) is 1.11. The van der Waals surface area contributed by atoms with Gasteiger partial charge in [0.1, 0.15) is 6.61 Å². The minimum atomic E-state index is -0.470. The summed E-state index contributed by atoms with van der Waals surface area (Å²) in [5, 5.41) is 2.75. The molecule has 1 aromatic rings. The lowest BCUT2D eigenvalue weighted by Crippen LogP contribution is -2.41. The largest absolute Gasteiger partial charge is 0.445 e. The van der Waals surface area contributed by atoms with E-state index in [0.717, 1.165) is 12.0 Å². The van der Waals surface area contributed by atoms with Crippen molar-refractivity contribution in [1.82, 2.24) is 10.2 Å². The highest BCUT2D eigenvalue weighted by Gasteiger charge is 2.27. The minimum absolute atomic E-state index is 0.0332. The minimum Gasteiger partial charge on any atom is -0.445 e. The quantitative estimate of drug-likeness (QED) is 0.853. The monoisotopic (exact) mass is 305 g/mol. The van der Waals surface area contributed by atoms with Crippen LogP contribution in [0, 0.1) is 5.92 Å². The molecule has 1 heterocycles. The van der Waals surface area contributed by atoms with Gasteiger partial charge in [0.2, 0.25) is 5.91 Å². The van der Waals surface area contributed by atoms with Gasteiger partial charge in [-0.05, 0) is 24.8 Å². The molecule has 120 valence electrons. The zero-order valence-electron chi connectivity index (χ0n) is 12.8. The van der Waals surface area contributed by atoms with Crippen LogP contribution in [-0.2, 0) is 16.1 Å². The Labute approximate surface area is 130 Å². The van der Waals surface area contributed by atoms with E-state index in [2.05, 4.69) is 5.32 Å². The van der Waals surface area contributed by atoms with Gasteiger partial charge in [0.05, 0.1) is 6.04 Å². The summed E-state index contributed by atoms with van der Waals surface area (Å²) in [4.78, 5) is 25.2. The molecule has 0 unspecified atom stereocenters. The first kappa shape index (κ1) is 16.3. The average molecular weight is 305 g/mol. The third-order valence-corrected chi connectivity index (χ3v) is 3.73. The third-order valence-electron chi connectivity index (χ3n) is 3.73. The summed E-state index contributed by atoms with van der Waals surface area (Å²) < 4.78 is 5.15. The van der Waals surface area contributed by atoms with Gasteiger partial charge in [-0.3, -0.25) is 4.79 Å². The Bertz CT molecular complexity index is 505. The summed E-state index contributed by atoms with van der Waals surface area (Å²) in [6.07, 6.45) is 0.443. The van der Waals surface area contributed by atoms with E-state index in [1.807, 2.05) is 30.3 Å². The van der Waals surface area contributed by atoms with Crippen molar-refractivity contribution in [3.05, 3.63) is 35.9 Å². The second-order valence-corrected chi connectivity index (χ2v) is 5.67. The maximum Gasteiger partial charge on any atom is 0.407 e. The van der Waals surface area contributed by atoms with E-state index in [-0.39, 0.29) is 18.4 Å². The number of carbonyl (C=O) groups is 2. The normalized spacial score (nSPS) is 18.8. The van der Waals surface area contributed by atoms with Gasteiger partial charge in [0.15, 0.2) is 0 Å². The molecule has 1 fully saturated rings. The summed E-state index contributed by atoms with van der Waals surface area (Å²) in [7, 11) is 0. The van der Waals surface area contributed by atoms with E-state index >= 15 is 0 Å². The number of ether oxygens (including phenoxy) is 1. The molecular formula is C16H23N3O3. The van der Waals surface area contributed by atoms with E-state index in [1.54, 1.807) is 11.8 Å². The van der Waals surface area contributed by atoms with Crippen molar-refractivity contribution < 1.29 is 14.3 Å². The summed E-state index contributed by atoms with van der Waals surface area (Å²) in [5.41, 5.74) is 6.55. The van der Waals surface area contributed by atoms with Crippen LogP contribution in [0.1, 0.15) is 18.9 Å². The first-order valence-corrected chi connectivity index (χ1v) is 7.55. The van der Waals surface area contributed by atoms with Gasteiger partial charge < -0.3 is 20.7 Å². The molecule has 2 atom stereocenters. The summed E-state index contributed by atoms with van der Waals surface area (Å²) in [5.74, 6) is 0.223. The van der Waals surface area contributed by atoms with E-state index in [4.69, 9.17) is 10.5 Å². The van der Waals surface area contributed by atoms with Gasteiger partial charge in [-0.25, -0.2) is 4.79 Å². The molecular weight excluding hydrogens is 282 g/mol. The van der Waals surface area contributed by atoms with E-state index < -0.39 is 12.1 Å². The number of hydrogen-bond donors (Lipinski definition) is 2. The van der Waals surface area contributed by atoms with Crippen LogP contribution < -0.4 is 11.1 Å². The molecule has 1 saturated heterocycles. The maximum atomic E-state index is 11.8. The smallest absolute Gasteiger partial charge is 0.407 e. The van der Waals surface area contributed by atoms with Crippen molar-refractivity contribution in [3.8, 4) is 0 Å². The molecule has 0 bridgehead atoms. The number of nitrogens with one attached hydrogen (secondary N) is 1. The number of likely N-dealkylation sites (tertiary alicyclic amines) is 1. The molecule has 1 aromatic carbocycles. The van der Waals surface area contributed by atoms with Crippen LogP contribution in [0.4, 0.5) is 4.79 Å². The van der Waals surface area contributed by atoms with E-state index in [9.17, 15) is 9.59 Å². The molecule has 6 heteroatoms. The van der Waals surface area contributed by atoms with Crippen LogP contribution >= 0.6 is 0 Å². The lowest BCUT2D eigenvalue weighted by atomic mass is 10.1. The fourth-order valence-corrected chi connectivity index (χ4v) is 2.49. The Hall–Kier alpha value is -2.08. The highest BCUT2D eigenvalue weighted by molar-refractivity contribution is 5.81. The van der Waals surface area contributed by atoms with Crippen molar-refractivity contribution in [2.45, 2.75) is 26.0 Å². The molecule has 0 saturated carbocycles. The number of benzene rings is 1. The number of nitrogens with zero attached hydrogens (tertiary/aromatic N) is 1. The van der Waals surface area contributed by atoms with Gasteiger partial charge in [-0.2, -0.15) is 0 Å². The van der Waals surface area contributed by atoms with Gasteiger partial charge in [-0.1, -0.05) is 30.3 Å². The molecule has 1 aliphatic rings. The van der Waals surface area contributed by atoms with E-state index in [0.29, 0.717) is 19.6 Å². The fraction of sp³-hybridized carbons (Fsp3) is 0.500. The van der Waals surface area contributed by atoms with Gasteiger partial charge in [0, 0.05) is 19.6 Å². The van der Waals surface area contributed by atoms with Crippen molar-refractivity contribution in [2.24, 2.45) is 11.7 Å². The zero-order valence-corrected chi connectivity index (χ0v) is 12.8. The number of hydrogen-bond acceptors (Lipinski definition) is 4. The Morgan fingerprint density at radius 2 is 2.14 bits per heavy atom. The van der Waals surface area contributed by atoms with Crippen molar-refractivity contribution in [1.29, 1.82) is 0 Å². The summed E-state index contributed by atoms with van der Waals surface area (Å²) in [6, 6.07) is 9.06. The summed E-state index contributed by atoms with van der Waals surface area (Å²) >= 11 is 0. The lowest BCUT2D eigenvalue weighted by Gasteiger charge is -2.18. The molecule has 1 aliphatic heterocycles. The van der Waals surface area contributed by atoms with Crippen LogP contribution in [0.15, 0.2) is 30.3 Å². The maximum absolute atomic E-state index is 11.8. The van der Waals surface area contributed by atoms with E-state index in [1.165, 1.54) is 0 Å². The number of amides is 2. The first-order chi connectivity index (χ1) is 10.6. The lowest BCUT2D eigenvalue weighted by molar-refractivity contribution is -0.131. The fourth-order valence-electron chi connectivity index (χ4n) is 2.49. The Balaban J connectivity index is 1.66. The molecule has 3 N–H and O–H groups in total. The van der Waals surface area contributed by atoms with Gasteiger partial charge in [0.25, 0.3) is 0 Å². The molecule has 22 heavy (non-hydrogen) atoms. The van der Waals surface area contributed by atoms with Crippen LogP contribution in [0.25, 0.3) is 0 Å². The SMILES string of the molecule is C[C@H](N)C(=O)N1CC[C@H](CNC(=O)OCc2ccccc2)C1. The highest BCUT2D eigenvalue weighted by Crippen LogP contribution is 2.16. The second kappa shape index (κ2) is 7.79. The van der Waals surface area contributed by atoms with Crippen LogP contribution in [0.3, 0.4) is 0 Å². The predicted molar refractivity (Wildman–Crippen MR) is 83.0 cm³/mol. The zero-order chi connectivity index (χ0) is 15.9. The standard InChI is InChI=1S/C16H23N3O3/c1-12(17)15(20)19-8-7-14(10-19)9-18-16(21)22-11-13-5-3-2-4-6-13/h2-6,12,14H,7-11,17H2,1H3,(H,18,21)/t12-,14+/m0/s1.